The van der Waals surface area contributed by atoms with E-state index >= 15 is 0 Å². The van der Waals surface area contributed by atoms with Crippen molar-refractivity contribution in [3.63, 3.8) is 0 Å². The lowest BCUT2D eigenvalue weighted by Gasteiger charge is -2.17. The standard InChI is InChI=1S/C17H20O6S2/c1-4-17(22-24(18,19)15-11-7-5-9-13(15)2)23-25(20,21)16-12-8-6-10-14(16)3/h5-12,17H,4H2,1-3H3. The molecule has 0 aliphatic heterocycles. The van der Waals surface area contributed by atoms with Gasteiger partial charge in [-0.05, 0) is 43.5 Å². The summed E-state index contributed by atoms with van der Waals surface area (Å²) < 4.78 is 59.7. The van der Waals surface area contributed by atoms with Crippen molar-refractivity contribution in [2.24, 2.45) is 0 Å². The van der Waals surface area contributed by atoms with Gasteiger partial charge in [0.15, 0.2) is 6.29 Å². The monoisotopic (exact) mass is 384 g/mol. The number of benzene rings is 2. The zero-order chi connectivity index (χ0) is 18.7. The van der Waals surface area contributed by atoms with Crippen LogP contribution in [0.2, 0.25) is 0 Å². The fourth-order valence-corrected chi connectivity index (χ4v) is 4.80. The van der Waals surface area contributed by atoms with Gasteiger partial charge in [0, 0.05) is 0 Å². The lowest BCUT2D eigenvalue weighted by molar-refractivity contribution is 0.0147. The van der Waals surface area contributed by atoms with E-state index in [-0.39, 0.29) is 16.2 Å². The van der Waals surface area contributed by atoms with Gasteiger partial charge in [-0.1, -0.05) is 43.3 Å². The van der Waals surface area contributed by atoms with Gasteiger partial charge in [-0.15, -0.1) is 0 Å². The molecule has 2 aromatic carbocycles. The van der Waals surface area contributed by atoms with Crippen molar-refractivity contribution >= 4 is 20.2 Å². The third kappa shape index (κ3) is 4.66. The molecule has 25 heavy (non-hydrogen) atoms. The molecular weight excluding hydrogens is 364 g/mol. The lowest BCUT2D eigenvalue weighted by atomic mass is 10.2. The highest BCUT2D eigenvalue weighted by Crippen LogP contribution is 2.23. The first-order chi connectivity index (χ1) is 11.7. The SMILES string of the molecule is CCC(OS(=O)(=O)c1ccccc1C)OS(=O)(=O)c1ccccc1C. The molecule has 0 spiro atoms. The van der Waals surface area contributed by atoms with E-state index in [1.54, 1.807) is 57.2 Å². The third-order valence-corrected chi connectivity index (χ3v) is 6.46. The Balaban J connectivity index is 2.27. The van der Waals surface area contributed by atoms with Gasteiger partial charge in [0.1, 0.15) is 0 Å². The Bertz CT molecular complexity index is 871. The minimum Gasteiger partial charge on any atom is -0.233 e. The fourth-order valence-electron chi connectivity index (χ4n) is 2.21. The van der Waals surface area contributed by atoms with Crippen LogP contribution >= 0.6 is 0 Å². The molecule has 0 fully saturated rings. The van der Waals surface area contributed by atoms with E-state index in [1.165, 1.54) is 12.1 Å². The normalized spacial score (nSPS) is 12.5. The second kappa shape index (κ2) is 7.65. The van der Waals surface area contributed by atoms with Crippen LogP contribution in [-0.4, -0.2) is 23.1 Å². The van der Waals surface area contributed by atoms with E-state index in [1.807, 2.05) is 0 Å². The Kier molecular flexibility index (Phi) is 5.99. The molecule has 6 nitrogen and oxygen atoms in total. The summed E-state index contributed by atoms with van der Waals surface area (Å²) in [6.07, 6.45) is -1.41. The molecule has 0 unspecified atom stereocenters. The first kappa shape index (κ1) is 19.6. The van der Waals surface area contributed by atoms with Crippen LogP contribution in [0, 0.1) is 13.8 Å². The maximum absolute atomic E-state index is 12.4. The van der Waals surface area contributed by atoms with Crippen molar-refractivity contribution in [2.75, 3.05) is 0 Å². The van der Waals surface area contributed by atoms with Crippen LogP contribution in [-0.2, 0) is 28.6 Å². The summed E-state index contributed by atoms with van der Waals surface area (Å²) in [7, 11) is -8.31. The Morgan fingerprint density at radius 2 is 1.12 bits per heavy atom. The number of hydrogen-bond donors (Lipinski definition) is 0. The molecule has 0 radical (unpaired) electrons. The van der Waals surface area contributed by atoms with Crippen LogP contribution in [0.15, 0.2) is 58.3 Å². The Hall–Kier alpha value is -1.74. The lowest BCUT2D eigenvalue weighted by Crippen LogP contribution is -2.25. The maximum Gasteiger partial charge on any atom is 0.299 e. The smallest absolute Gasteiger partial charge is 0.233 e. The summed E-state index contributed by atoms with van der Waals surface area (Å²) >= 11 is 0. The first-order valence-corrected chi connectivity index (χ1v) is 10.5. The van der Waals surface area contributed by atoms with Crippen LogP contribution < -0.4 is 0 Å². The number of aryl methyl sites for hydroxylation is 2. The molecule has 0 aliphatic carbocycles. The highest BCUT2D eigenvalue weighted by Gasteiger charge is 2.28. The molecular formula is C17H20O6S2. The molecule has 0 heterocycles. The molecule has 0 aliphatic rings. The fraction of sp³-hybridized carbons (Fsp3) is 0.294. The van der Waals surface area contributed by atoms with Gasteiger partial charge in [-0.2, -0.15) is 16.8 Å². The maximum atomic E-state index is 12.4. The first-order valence-electron chi connectivity index (χ1n) is 7.65. The largest absolute Gasteiger partial charge is 0.299 e. The molecule has 0 amide bonds. The molecule has 0 bridgehead atoms. The molecule has 0 saturated carbocycles. The van der Waals surface area contributed by atoms with E-state index in [2.05, 4.69) is 0 Å². The summed E-state index contributed by atoms with van der Waals surface area (Å²) in [5, 5.41) is 0. The van der Waals surface area contributed by atoms with Crippen LogP contribution in [0.5, 0.6) is 0 Å². The van der Waals surface area contributed by atoms with Crippen molar-refractivity contribution in [3.8, 4) is 0 Å². The van der Waals surface area contributed by atoms with Crippen molar-refractivity contribution in [2.45, 2.75) is 43.3 Å². The Morgan fingerprint density at radius 1 is 0.760 bits per heavy atom. The Morgan fingerprint density at radius 3 is 1.44 bits per heavy atom. The van der Waals surface area contributed by atoms with E-state index in [4.69, 9.17) is 8.37 Å². The summed E-state index contributed by atoms with van der Waals surface area (Å²) in [4.78, 5) is -0.0457. The highest BCUT2D eigenvalue weighted by molar-refractivity contribution is 7.87. The summed E-state index contributed by atoms with van der Waals surface area (Å²) in [6.45, 7) is 4.83. The van der Waals surface area contributed by atoms with Crippen molar-refractivity contribution in [3.05, 3.63) is 59.7 Å². The average Bonchev–Trinajstić information content (AvgIpc) is 2.54. The van der Waals surface area contributed by atoms with Crippen molar-refractivity contribution in [1.29, 1.82) is 0 Å². The van der Waals surface area contributed by atoms with Crippen LogP contribution in [0.25, 0.3) is 0 Å². The van der Waals surface area contributed by atoms with E-state index in [0.29, 0.717) is 11.1 Å². The number of hydrogen-bond acceptors (Lipinski definition) is 6. The molecule has 0 atom stereocenters. The minimum absolute atomic E-state index is 0.0228. The van der Waals surface area contributed by atoms with E-state index in [0.717, 1.165) is 0 Å². The molecule has 136 valence electrons. The summed E-state index contributed by atoms with van der Waals surface area (Å²) in [5.41, 5.74) is 0.998. The van der Waals surface area contributed by atoms with Crippen LogP contribution in [0.3, 0.4) is 0 Å². The minimum atomic E-state index is -4.16. The summed E-state index contributed by atoms with van der Waals surface area (Å²) in [5.74, 6) is 0. The second-order valence-corrected chi connectivity index (χ2v) is 8.55. The quantitative estimate of drug-likeness (QED) is 0.538. The van der Waals surface area contributed by atoms with Gasteiger partial charge in [0.2, 0.25) is 0 Å². The molecule has 8 heteroatoms. The molecule has 2 rings (SSSR count). The third-order valence-electron chi connectivity index (χ3n) is 3.53. The van der Waals surface area contributed by atoms with Gasteiger partial charge in [-0.3, -0.25) is 0 Å². The predicted octanol–water partition coefficient (Wildman–Crippen LogP) is 3.15. The zero-order valence-electron chi connectivity index (χ0n) is 14.2. The van der Waals surface area contributed by atoms with Crippen LogP contribution in [0.1, 0.15) is 24.5 Å². The molecule has 0 saturated heterocycles. The molecule has 0 aromatic heterocycles. The van der Waals surface area contributed by atoms with Gasteiger partial charge >= 0.3 is 0 Å². The molecule has 2 aromatic rings. The van der Waals surface area contributed by atoms with Crippen molar-refractivity contribution in [1.82, 2.24) is 0 Å². The number of rotatable bonds is 7. The van der Waals surface area contributed by atoms with E-state index in [9.17, 15) is 16.8 Å². The van der Waals surface area contributed by atoms with Gasteiger partial charge in [-0.25, -0.2) is 8.37 Å². The van der Waals surface area contributed by atoms with Crippen molar-refractivity contribution < 1.29 is 25.2 Å². The Labute approximate surface area is 148 Å². The predicted molar refractivity (Wildman–Crippen MR) is 93.0 cm³/mol. The zero-order valence-corrected chi connectivity index (χ0v) is 15.8. The van der Waals surface area contributed by atoms with Gasteiger partial charge in [0.25, 0.3) is 20.2 Å². The average molecular weight is 384 g/mol. The second-order valence-electron chi connectivity index (χ2n) is 5.47. The van der Waals surface area contributed by atoms with Crippen LogP contribution in [0.4, 0.5) is 0 Å². The van der Waals surface area contributed by atoms with Gasteiger partial charge in [0.05, 0.1) is 9.79 Å². The highest BCUT2D eigenvalue weighted by atomic mass is 32.2. The molecule has 0 N–H and O–H groups in total. The topological polar surface area (TPSA) is 86.7 Å². The van der Waals surface area contributed by atoms with Gasteiger partial charge < -0.3 is 0 Å². The van der Waals surface area contributed by atoms with E-state index < -0.39 is 26.5 Å². The summed E-state index contributed by atoms with van der Waals surface area (Å²) in [6, 6.07) is 12.6.